The molecular weight excluding hydrogens is 389 g/mol. The highest BCUT2D eigenvalue weighted by Gasteiger charge is 2.18. The van der Waals surface area contributed by atoms with Gasteiger partial charge in [0.1, 0.15) is 11.6 Å². The number of ether oxygens (including phenoxy) is 1. The minimum absolute atomic E-state index is 0.0133. The van der Waals surface area contributed by atoms with Crippen LogP contribution in [0.15, 0.2) is 60.7 Å². The number of nitrogens with zero attached hydrogens (tertiary/aromatic N) is 1. The van der Waals surface area contributed by atoms with Crippen LogP contribution in [0.25, 0.3) is 5.57 Å². The fourth-order valence-electron chi connectivity index (χ4n) is 3.93. The Bertz CT molecular complexity index is 942. The lowest BCUT2D eigenvalue weighted by molar-refractivity contribution is 0.0773. The van der Waals surface area contributed by atoms with Crippen molar-refractivity contribution in [1.29, 1.82) is 0 Å². The van der Waals surface area contributed by atoms with Crippen LogP contribution < -0.4 is 4.74 Å². The number of carbonyl (C=O) groups is 1. The summed E-state index contributed by atoms with van der Waals surface area (Å²) in [4.78, 5) is 14.4. The number of hydrogen-bond acceptors (Lipinski definition) is 2. The second-order valence-corrected chi connectivity index (χ2v) is 7.88. The predicted molar refractivity (Wildman–Crippen MR) is 125 cm³/mol. The molecule has 0 aromatic heterocycles. The average Bonchev–Trinajstić information content (AvgIpc) is 2.77. The van der Waals surface area contributed by atoms with Crippen molar-refractivity contribution in [3.05, 3.63) is 83.2 Å². The molecule has 0 atom stereocenters. The van der Waals surface area contributed by atoms with Gasteiger partial charge in [0.2, 0.25) is 0 Å². The summed E-state index contributed by atoms with van der Waals surface area (Å²) in [5, 5.41) is 0. The summed E-state index contributed by atoms with van der Waals surface area (Å²) >= 11 is 0. The lowest BCUT2D eigenvalue weighted by Crippen LogP contribution is -2.30. The van der Waals surface area contributed by atoms with Crippen LogP contribution in [0.2, 0.25) is 0 Å². The third-order valence-corrected chi connectivity index (χ3v) is 5.78. The molecule has 164 valence electrons. The number of hydrogen-bond donors (Lipinski definition) is 0. The third-order valence-electron chi connectivity index (χ3n) is 5.78. The number of rotatable bonds is 4. The van der Waals surface area contributed by atoms with Gasteiger partial charge in [0, 0.05) is 25.1 Å². The van der Waals surface area contributed by atoms with Crippen LogP contribution in [0.4, 0.5) is 4.39 Å². The van der Waals surface area contributed by atoms with E-state index in [1.807, 2.05) is 44.2 Å². The molecule has 4 heteroatoms. The molecule has 0 radical (unpaired) electrons. The van der Waals surface area contributed by atoms with E-state index in [-0.39, 0.29) is 11.7 Å². The minimum Gasteiger partial charge on any atom is -0.493 e. The van der Waals surface area contributed by atoms with E-state index in [1.54, 1.807) is 11.0 Å². The average molecular weight is 422 g/mol. The molecule has 0 spiro atoms. The molecule has 2 aromatic rings. The summed E-state index contributed by atoms with van der Waals surface area (Å²) in [6.45, 7) is 9.90. The summed E-state index contributed by atoms with van der Waals surface area (Å²) < 4.78 is 21.0. The van der Waals surface area contributed by atoms with Crippen LogP contribution >= 0.6 is 0 Å². The molecule has 1 aliphatic heterocycles. The van der Waals surface area contributed by atoms with Crippen molar-refractivity contribution in [2.24, 2.45) is 0 Å². The van der Waals surface area contributed by atoms with Crippen molar-refractivity contribution in [3.8, 4) is 5.75 Å². The predicted octanol–water partition coefficient (Wildman–Crippen LogP) is 6.64. The lowest BCUT2D eigenvalue weighted by atomic mass is 9.93. The van der Waals surface area contributed by atoms with Crippen LogP contribution in [-0.2, 0) is 0 Å². The SMILES string of the molecule is C=C1CCCC/C=C(/c2ccc(C(=O)N(CC)CC)cc2)c2c(F)cccc2OCC1. The zero-order valence-corrected chi connectivity index (χ0v) is 18.6. The Balaban J connectivity index is 1.99. The molecular formula is C27H32FNO2. The van der Waals surface area contributed by atoms with Crippen LogP contribution in [0.3, 0.4) is 0 Å². The van der Waals surface area contributed by atoms with Crippen molar-refractivity contribution >= 4 is 11.5 Å². The number of carbonyl (C=O) groups excluding carboxylic acids is 1. The highest BCUT2D eigenvalue weighted by Crippen LogP contribution is 2.35. The largest absolute Gasteiger partial charge is 0.493 e. The Hall–Kier alpha value is -2.88. The van der Waals surface area contributed by atoms with Crippen LogP contribution in [0.1, 0.15) is 67.4 Å². The second kappa shape index (κ2) is 10.9. The molecule has 0 saturated heterocycles. The zero-order valence-electron chi connectivity index (χ0n) is 18.6. The van der Waals surface area contributed by atoms with E-state index >= 15 is 4.39 Å². The number of fused-ring (bicyclic) bond motifs is 1. The van der Waals surface area contributed by atoms with Gasteiger partial charge in [0.15, 0.2) is 0 Å². The monoisotopic (exact) mass is 421 g/mol. The highest BCUT2D eigenvalue weighted by atomic mass is 19.1. The summed E-state index contributed by atoms with van der Waals surface area (Å²) in [5.74, 6) is 0.255. The van der Waals surface area contributed by atoms with Gasteiger partial charge in [-0.15, -0.1) is 0 Å². The van der Waals surface area contributed by atoms with E-state index < -0.39 is 0 Å². The van der Waals surface area contributed by atoms with Crippen LogP contribution in [0, 0.1) is 5.82 Å². The topological polar surface area (TPSA) is 29.5 Å². The van der Waals surface area contributed by atoms with Crippen molar-refractivity contribution in [3.63, 3.8) is 0 Å². The Morgan fingerprint density at radius 3 is 2.52 bits per heavy atom. The van der Waals surface area contributed by atoms with Crippen molar-refractivity contribution < 1.29 is 13.9 Å². The van der Waals surface area contributed by atoms with Gasteiger partial charge in [0.25, 0.3) is 5.91 Å². The Morgan fingerprint density at radius 1 is 1.06 bits per heavy atom. The molecule has 2 aromatic carbocycles. The fraction of sp³-hybridized carbons (Fsp3) is 0.370. The molecule has 1 amide bonds. The maximum Gasteiger partial charge on any atom is 0.253 e. The highest BCUT2D eigenvalue weighted by molar-refractivity contribution is 5.95. The summed E-state index contributed by atoms with van der Waals surface area (Å²) in [6.07, 6.45) is 6.78. The molecule has 3 rings (SSSR count). The van der Waals surface area contributed by atoms with Crippen LogP contribution in [0.5, 0.6) is 5.75 Å². The summed E-state index contributed by atoms with van der Waals surface area (Å²) in [6, 6.07) is 12.5. The second-order valence-electron chi connectivity index (χ2n) is 7.88. The van der Waals surface area contributed by atoms with Gasteiger partial charge in [0.05, 0.1) is 12.2 Å². The number of benzene rings is 2. The number of halogens is 1. The van der Waals surface area contributed by atoms with Gasteiger partial charge >= 0.3 is 0 Å². The molecule has 0 aliphatic carbocycles. The van der Waals surface area contributed by atoms with Crippen LogP contribution in [-0.4, -0.2) is 30.5 Å². The van der Waals surface area contributed by atoms with E-state index in [4.69, 9.17) is 4.74 Å². The first-order valence-electron chi connectivity index (χ1n) is 11.2. The van der Waals surface area contributed by atoms with Gasteiger partial charge in [-0.1, -0.05) is 36.4 Å². The minimum atomic E-state index is -0.303. The Labute approximate surface area is 185 Å². The van der Waals surface area contributed by atoms with E-state index in [0.717, 1.165) is 43.2 Å². The van der Waals surface area contributed by atoms with Crippen molar-refractivity contribution in [2.45, 2.75) is 46.0 Å². The molecule has 0 bridgehead atoms. The van der Waals surface area contributed by atoms with Gasteiger partial charge in [-0.3, -0.25) is 4.79 Å². The Kier molecular flexibility index (Phi) is 8.05. The van der Waals surface area contributed by atoms with Gasteiger partial charge in [-0.05, 0) is 74.9 Å². The molecule has 0 unspecified atom stereocenters. The normalized spacial score (nSPS) is 16.7. The molecule has 3 nitrogen and oxygen atoms in total. The van der Waals surface area contributed by atoms with E-state index in [9.17, 15) is 4.79 Å². The van der Waals surface area contributed by atoms with E-state index in [0.29, 0.717) is 36.6 Å². The number of amides is 1. The first-order chi connectivity index (χ1) is 15.0. The smallest absolute Gasteiger partial charge is 0.253 e. The maximum absolute atomic E-state index is 15.0. The first kappa shape index (κ1) is 22.8. The standard InChI is InChI=1S/C27H32FNO2/c1-4-29(5-2)27(30)22-16-14-21(15-17-22)23-11-8-6-7-10-20(3)18-19-31-25-13-9-12-24(28)26(23)25/h9,11-17H,3-8,10,18-19H2,1-2H3/b23-11-. The number of allylic oxidation sites excluding steroid dienone is 1. The van der Waals surface area contributed by atoms with Gasteiger partial charge < -0.3 is 9.64 Å². The quantitative estimate of drug-likeness (QED) is 0.518. The molecule has 1 heterocycles. The van der Waals surface area contributed by atoms with Crippen molar-refractivity contribution in [1.82, 2.24) is 4.90 Å². The fourth-order valence-corrected chi connectivity index (χ4v) is 3.93. The molecule has 0 N–H and O–H groups in total. The third kappa shape index (κ3) is 5.63. The molecule has 1 aliphatic rings. The van der Waals surface area contributed by atoms with Gasteiger partial charge in [-0.25, -0.2) is 4.39 Å². The summed E-state index contributed by atoms with van der Waals surface area (Å²) in [5.41, 5.74) is 4.00. The molecule has 0 saturated carbocycles. The van der Waals surface area contributed by atoms with Gasteiger partial charge in [-0.2, -0.15) is 0 Å². The van der Waals surface area contributed by atoms with Crippen molar-refractivity contribution in [2.75, 3.05) is 19.7 Å². The maximum atomic E-state index is 15.0. The van der Waals surface area contributed by atoms with E-state index in [1.165, 1.54) is 11.6 Å². The first-order valence-corrected chi connectivity index (χ1v) is 11.2. The summed E-state index contributed by atoms with van der Waals surface area (Å²) in [7, 11) is 0. The lowest BCUT2D eigenvalue weighted by Gasteiger charge is -2.19. The molecule has 0 fully saturated rings. The van der Waals surface area contributed by atoms with E-state index in [2.05, 4.69) is 12.7 Å². The molecule has 31 heavy (non-hydrogen) atoms. The zero-order chi connectivity index (χ0) is 22.2. The Morgan fingerprint density at radius 2 is 1.81 bits per heavy atom.